The summed E-state index contributed by atoms with van der Waals surface area (Å²) in [7, 11) is -4.20. The molecule has 10 heteroatoms. The Hall–Kier alpha value is -3.50. The molecule has 0 unspecified atom stereocenters. The summed E-state index contributed by atoms with van der Waals surface area (Å²) in [4.78, 5) is 20.4. The van der Waals surface area contributed by atoms with Crippen LogP contribution in [0.1, 0.15) is 88.0 Å². The van der Waals surface area contributed by atoms with Gasteiger partial charge in [0, 0.05) is 28.2 Å². The van der Waals surface area contributed by atoms with Crippen LogP contribution >= 0.6 is 0 Å². The van der Waals surface area contributed by atoms with E-state index in [1.807, 2.05) is 0 Å². The quantitative estimate of drug-likeness (QED) is 0.254. The topological polar surface area (TPSA) is 114 Å². The van der Waals surface area contributed by atoms with Crippen molar-refractivity contribution >= 4 is 27.6 Å². The predicted molar refractivity (Wildman–Crippen MR) is 163 cm³/mol. The summed E-state index contributed by atoms with van der Waals surface area (Å²) in [5.74, 6) is 1.24. The van der Waals surface area contributed by atoms with E-state index in [1.54, 1.807) is 55.1 Å². The maximum atomic E-state index is 13.8. The first-order valence-electron chi connectivity index (χ1n) is 16.8. The summed E-state index contributed by atoms with van der Waals surface area (Å²) in [5, 5.41) is 3.82. The number of carbonyl (C=O) groups is 1. The van der Waals surface area contributed by atoms with Crippen LogP contribution in [0.25, 0.3) is 11.1 Å². The van der Waals surface area contributed by atoms with E-state index in [4.69, 9.17) is 21.1 Å². The van der Waals surface area contributed by atoms with Crippen LogP contribution in [0.5, 0.6) is 0 Å². The number of aliphatic imine (C=N–C) groups is 1. The molecule has 1 N–H and O–H groups in total. The lowest BCUT2D eigenvalue weighted by Crippen LogP contribution is -2.40. The number of anilines is 1. The Morgan fingerprint density at radius 2 is 1.95 bits per heavy atom. The van der Waals surface area contributed by atoms with Crippen molar-refractivity contribution in [2.45, 2.75) is 96.2 Å². The Balaban J connectivity index is 1.54. The molecule has 1 aliphatic carbocycles. The van der Waals surface area contributed by atoms with Crippen LogP contribution in [0.15, 0.2) is 56.9 Å². The smallest absolute Gasteiger partial charge is 0.263 e. The standard InChI is InChI=1S/C32H40N4O5S/c1-5-7-14-29-33-32(17-10-11-18-32)31(37)36(29)20-24-15-16-26(25(19-24)21-40-6-2)27-12-8-9-13-28(27)42(38,39)35-30-22(3)23(4)41-34-30/h8-9,12-13,15-16,19H,5-7,10-11,14,17-18,20-21H2,1-4H3,(H,34,35)/i2D3,6D2. The molecule has 0 saturated heterocycles. The van der Waals surface area contributed by atoms with Gasteiger partial charge in [0.2, 0.25) is 0 Å². The number of benzene rings is 2. The normalized spacial score (nSPS) is 18.8. The molecule has 1 amide bonds. The molecule has 0 radical (unpaired) electrons. The highest BCUT2D eigenvalue weighted by molar-refractivity contribution is 7.92. The molecule has 1 aliphatic heterocycles. The van der Waals surface area contributed by atoms with Crippen LogP contribution in [0.4, 0.5) is 5.82 Å². The maximum Gasteiger partial charge on any atom is 0.263 e. The molecular formula is C32H40N4O5S. The summed E-state index contributed by atoms with van der Waals surface area (Å²) in [5.41, 5.74) is 1.52. The van der Waals surface area contributed by atoms with E-state index < -0.39 is 35.6 Å². The monoisotopic (exact) mass is 597 g/mol. The molecule has 3 aromatic rings. The third-order valence-corrected chi connectivity index (χ3v) is 9.54. The average Bonchev–Trinajstić information content (AvgIpc) is 3.69. The number of nitrogens with zero attached hydrogens (tertiary/aromatic N) is 3. The highest BCUT2D eigenvalue weighted by atomic mass is 32.2. The summed E-state index contributed by atoms with van der Waals surface area (Å²) >= 11 is 0. The summed E-state index contributed by atoms with van der Waals surface area (Å²) < 4.78 is 79.2. The number of aromatic nitrogens is 1. The molecule has 1 saturated carbocycles. The van der Waals surface area contributed by atoms with Crippen LogP contribution in [-0.2, 0) is 32.7 Å². The predicted octanol–water partition coefficient (Wildman–Crippen LogP) is 6.54. The molecule has 1 aromatic heterocycles. The number of hydrogen-bond acceptors (Lipinski definition) is 7. The van der Waals surface area contributed by atoms with Gasteiger partial charge in [0.1, 0.15) is 17.1 Å². The number of amides is 1. The number of unbranched alkanes of at least 4 members (excludes halogenated alkanes) is 1. The number of ether oxygens (including phenoxy) is 1. The minimum Gasteiger partial charge on any atom is -0.377 e. The molecule has 2 heterocycles. The van der Waals surface area contributed by atoms with E-state index in [0.717, 1.165) is 31.5 Å². The fourth-order valence-corrected chi connectivity index (χ4v) is 7.02. The second kappa shape index (κ2) is 12.4. The second-order valence-electron chi connectivity index (χ2n) is 11.0. The van der Waals surface area contributed by atoms with Crippen LogP contribution < -0.4 is 4.72 Å². The lowest BCUT2D eigenvalue weighted by atomic mass is 9.96. The molecule has 1 spiro atoms. The molecule has 0 atom stereocenters. The van der Waals surface area contributed by atoms with Gasteiger partial charge < -0.3 is 9.26 Å². The van der Waals surface area contributed by atoms with Crippen LogP contribution in [0.3, 0.4) is 0 Å². The maximum absolute atomic E-state index is 13.8. The van der Waals surface area contributed by atoms with Crippen molar-refractivity contribution in [3.63, 3.8) is 0 Å². The van der Waals surface area contributed by atoms with Crippen molar-refractivity contribution in [2.24, 2.45) is 4.99 Å². The van der Waals surface area contributed by atoms with Gasteiger partial charge in [-0.1, -0.05) is 67.7 Å². The van der Waals surface area contributed by atoms with Crippen molar-refractivity contribution in [2.75, 3.05) is 11.3 Å². The first kappa shape index (κ1) is 24.0. The van der Waals surface area contributed by atoms with Crippen molar-refractivity contribution in [3.05, 3.63) is 64.9 Å². The van der Waals surface area contributed by atoms with Crippen LogP contribution in [0, 0.1) is 13.8 Å². The van der Waals surface area contributed by atoms with Gasteiger partial charge in [-0.15, -0.1) is 0 Å². The zero-order chi connectivity index (χ0) is 34.2. The van der Waals surface area contributed by atoms with Crippen LogP contribution in [-0.4, -0.2) is 42.3 Å². The van der Waals surface area contributed by atoms with E-state index in [9.17, 15) is 13.2 Å². The number of nitrogens with one attached hydrogen (secondary N) is 1. The van der Waals surface area contributed by atoms with Gasteiger partial charge in [0.15, 0.2) is 5.82 Å². The summed E-state index contributed by atoms with van der Waals surface area (Å²) in [6, 6.07) is 11.5. The number of rotatable bonds is 12. The van der Waals surface area contributed by atoms with Gasteiger partial charge in [-0.25, -0.2) is 8.42 Å². The lowest BCUT2D eigenvalue weighted by Gasteiger charge is -2.23. The second-order valence-corrected chi connectivity index (χ2v) is 12.6. The molecule has 1 fully saturated rings. The Labute approximate surface area is 255 Å². The molecule has 2 aliphatic rings. The van der Waals surface area contributed by atoms with Gasteiger partial charge in [-0.3, -0.25) is 19.4 Å². The van der Waals surface area contributed by atoms with E-state index in [2.05, 4.69) is 16.8 Å². The number of sulfonamides is 1. The highest BCUT2D eigenvalue weighted by Gasteiger charge is 2.49. The molecule has 5 rings (SSSR count). The van der Waals surface area contributed by atoms with Gasteiger partial charge in [-0.05, 0) is 62.7 Å². The summed E-state index contributed by atoms with van der Waals surface area (Å²) in [6.45, 7) is -0.886. The minimum absolute atomic E-state index is 0.0254. The fraction of sp³-hybridized carbons (Fsp3) is 0.469. The van der Waals surface area contributed by atoms with Crippen molar-refractivity contribution in [1.82, 2.24) is 10.1 Å². The minimum atomic E-state index is -4.20. The van der Waals surface area contributed by atoms with E-state index in [-0.39, 0.29) is 28.7 Å². The molecule has 2 aromatic carbocycles. The van der Waals surface area contributed by atoms with Gasteiger partial charge in [0.25, 0.3) is 15.9 Å². The van der Waals surface area contributed by atoms with Crippen LogP contribution in [0.2, 0.25) is 0 Å². The van der Waals surface area contributed by atoms with E-state index in [0.29, 0.717) is 47.3 Å². The Bertz CT molecular complexity index is 1780. The van der Waals surface area contributed by atoms with Gasteiger partial charge >= 0.3 is 0 Å². The van der Waals surface area contributed by atoms with Crippen molar-refractivity contribution < 1.29 is 29.3 Å². The number of aryl methyl sites for hydroxylation is 1. The van der Waals surface area contributed by atoms with E-state index in [1.165, 1.54) is 6.07 Å². The average molecular weight is 598 g/mol. The molecule has 9 nitrogen and oxygen atoms in total. The van der Waals surface area contributed by atoms with Gasteiger partial charge in [-0.2, -0.15) is 0 Å². The van der Waals surface area contributed by atoms with Crippen molar-refractivity contribution in [3.8, 4) is 11.1 Å². The van der Waals surface area contributed by atoms with E-state index >= 15 is 0 Å². The first-order chi connectivity index (χ1) is 22.1. The zero-order valence-electron chi connectivity index (χ0n) is 29.2. The number of hydrogen-bond donors (Lipinski definition) is 1. The third kappa shape index (κ3) is 5.87. The molecular weight excluding hydrogens is 552 g/mol. The Kier molecular flexibility index (Phi) is 7.08. The lowest BCUT2D eigenvalue weighted by molar-refractivity contribution is -0.131. The number of amidine groups is 1. The van der Waals surface area contributed by atoms with Crippen molar-refractivity contribution in [1.29, 1.82) is 0 Å². The third-order valence-electron chi connectivity index (χ3n) is 8.15. The molecule has 224 valence electrons. The van der Waals surface area contributed by atoms with Gasteiger partial charge in [0.05, 0.1) is 20.8 Å². The number of carbonyl (C=O) groups excluding carboxylic acids is 1. The molecule has 42 heavy (non-hydrogen) atoms. The first-order valence-corrected chi connectivity index (χ1v) is 15.8. The molecule has 0 bridgehead atoms. The SMILES string of the molecule is [2H]C([2H])([2H])C([2H])([2H])OCc1cc(CN2C(=O)C3(CCCC3)N=C2CCCC)ccc1-c1ccccc1S(=O)(=O)Nc1noc(C)c1C. The highest BCUT2D eigenvalue weighted by Crippen LogP contribution is 2.40. The Morgan fingerprint density at radius 1 is 1.17 bits per heavy atom. The summed E-state index contributed by atoms with van der Waals surface area (Å²) in [6.07, 6.45) is 5.81. The largest absolute Gasteiger partial charge is 0.377 e. The Morgan fingerprint density at radius 3 is 2.67 bits per heavy atom. The fourth-order valence-electron chi connectivity index (χ4n) is 5.74. The zero-order valence-corrected chi connectivity index (χ0v) is 25.0.